The SMILES string of the molecule is Fc1ccccc1-c1cnc(O[C@@H]2CN3CCC2CC3)nc1. The Bertz CT molecular complexity index is 653. The molecular weight excluding hydrogens is 281 g/mol. The Balaban J connectivity index is 1.49. The second-order valence-electron chi connectivity index (χ2n) is 6.03. The molecule has 0 N–H and O–H groups in total. The first-order valence-corrected chi connectivity index (χ1v) is 7.75. The molecule has 0 spiro atoms. The average Bonchev–Trinajstić information content (AvgIpc) is 2.57. The smallest absolute Gasteiger partial charge is 0.316 e. The van der Waals surface area contributed by atoms with Gasteiger partial charge in [0, 0.05) is 30.1 Å². The summed E-state index contributed by atoms with van der Waals surface area (Å²) < 4.78 is 19.7. The van der Waals surface area contributed by atoms with Gasteiger partial charge in [0.15, 0.2) is 0 Å². The summed E-state index contributed by atoms with van der Waals surface area (Å²) in [6.45, 7) is 3.32. The Morgan fingerprint density at radius 3 is 2.45 bits per heavy atom. The van der Waals surface area contributed by atoms with Gasteiger partial charge in [-0.3, -0.25) is 4.90 Å². The third kappa shape index (κ3) is 2.57. The molecule has 0 amide bonds. The quantitative estimate of drug-likeness (QED) is 0.873. The summed E-state index contributed by atoms with van der Waals surface area (Å²) in [6, 6.07) is 7.02. The zero-order valence-electron chi connectivity index (χ0n) is 12.3. The molecule has 3 saturated heterocycles. The normalized spacial score (nSPS) is 26.9. The molecule has 1 aromatic heterocycles. The molecule has 4 heterocycles. The number of hydrogen-bond donors (Lipinski definition) is 0. The van der Waals surface area contributed by atoms with Gasteiger partial charge in [-0.1, -0.05) is 18.2 Å². The fourth-order valence-corrected chi connectivity index (χ4v) is 3.39. The van der Waals surface area contributed by atoms with Crippen molar-refractivity contribution in [2.45, 2.75) is 18.9 Å². The summed E-state index contributed by atoms with van der Waals surface area (Å²) in [5.74, 6) is 0.344. The second-order valence-corrected chi connectivity index (χ2v) is 6.03. The molecule has 1 atom stereocenters. The van der Waals surface area contributed by atoms with Crippen LogP contribution >= 0.6 is 0 Å². The van der Waals surface area contributed by atoms with Gasteiger partial charge >= 0.3 is 6.01 Å². The highest BCUT2D eigenvalue weighted by Gasteiger charge is 2.35. The molecule has 0 saturated carbocycles. The van der Waals surface area contributed by atoms with E-state index in [0.29, 0.717) is 23.1 Å². The van der Waals surface area contributed by atoms with E-state index in [0.717, 1.165) is 6.54 Å². The van der Waals surface area contributed by atoms with Crippen LogP contribution in [0.3, 0.4) is 0 Å². The fourth-order valence-electron chi connectivity index (χ4n) is 3.39. The van der Waals surface area contributed by atoms with E-state index in [4.69, 9.17) is 4.74 Å². The van der Waals surface area contributed by atoms with Gasteiger partial charge in [0.25, 0.3) is 0 Å². The van der Waals surface area contributed by atoms with Gasteiger partial charge in [0.1, 0.15) is 11.9 Å². The number of aromatic nitrogens is 2. The molecule has 0 aliphatic carbocycles. The van der Waals surface area contributed by atoms with Crippen LogP contribution in [0, 0.1) is 11.7 Å². The Hall–Kier alpha value is -2.01. The van der Waals surface area contributed by atoms with Crippen molar-refractivity contribution < 1.29 is 9.13 Å². The first-order chi connectivity index (χ1) is 10.8. The molecule has 0 radical (unpaired) electrons. The number of fused-ring (bicyclic) bond motifs is 3. The number of hydrogen-bond acceptors (Lipinski definition) is 4. The summed E-state index contributed by atoms with van der Waals surface area (Å²) in [6.07, 6.45) is 5.82. The minimum atomic E-state index is -0.267. The monoisotopic (exact) mass is 299 g/mol. The van der Waals surface area contributed by atoms with Gasteiger partial charge in [-0.15, -0.1) is 0 Å². The van der Waals surface area contributed by atoms with Gasteiger partial charge in [-0.2, -0.15) is 0 Å². The summed E-state index contributed by atoms with van der Waals surface area (Å²) in [5.41, 5.74) is 1.18. The van der Waals surface area contributed by atoms with E-state index in [1.807, 2.05) is 0 Å². The van der Waals surface area contributed by atoms with E-state index < -0.39 is 0 Å². The predicted molar refractivity (Wildman–Crippen MR) is 81.0 cm³/mol. The molecule has 3 aliphatic rings. The lowest BCUT2D eigenvalue weighted by Gasteiger charge is -2.43. The zero-order chi connectivity index (χ0) is 14.9. The molecule has 3 aliphatic heterocycles. The highest BCUT2D eigenvalue weighted by atomic mass is 19.1. The number of ether oxygens (including phenoxy) is 1. The first-order valence-electron chi connectivity index (χ1n) is 7.75. The molecule has 5 rings (SSSR count). The summed E-state index contributed by atoms with van der Waals surface area (Å²) >= 11 is 0. The number of rotatable bonds is 3. The molecule has 3 fully saturated rings. The topological polar surface area (TPSA) is 38.2 Å². The van der Waals surface area contributed by atoms with Crippen LogP contribution < -0.4 is 4.74 Å². The molecule has 4 nitrogen and oxygen atoms in total. The van der Waals surface area contributed by atoms with Gasteiger partial charge in [0.05, 0.1) is 0 Å². The van der Waals surface area contributed by atoms with Crippen molar-refractivity contribution in [2.75, 3.05) is 19.6 Å². The van der Waals surface area contributed by atoms with Crippen LogP contribution in [0.1, 0.15) is 12.8 Å². The van der Waals surface area contributed by atoms with Crippen LogP contribution in [0.5, 0.6) is 6.01 Å². The van der Waals surface area contributed by atoms with E-state index in [1.54, 1.807) is 30.6 Å². The van der Waals surface area contributed by atoms with Crippen molar-refractivity contribution in [3.8, 4) is 17.1 Å². The predicted octanol–water partition coefficient (Wildman–Crippen LogP) is 2.76. The lowest BCUT2D eigenvalue weighted by Crippen LogP contribution is -2.52. The van der Waals surface area contributed by atoms with Crippen LogP contribution in [0.15, 0.2) is 36.7 Å². The van der Waals surface area contributed by atoms with Crippen molar-refractivity contribution >= 4 is 0 Å². The molecule has 0 unspecified atom stereocenters. The Labute approximate surface area is 129 Å². The third-order valence-corrected chi connectivity index (χ3v) is 4.67. The first kappa shape index (κ1) is 13.6. The van der Waals surface area contributed by atoms with Gasteiger partial charge in [0.2, 0.25) is 0 Å². The van der Waals surface area contributed by atoms with Gasteiger partial charge in [-0.05, 0) is 37.9 Å². The van der Waals surface area contributed by atoms with E-state index in [2.05, 4.69) is 14.9 Å². The van der Waals surface area contributed by atoms with Crippen molar-refractivity contribution in [3.05, 3.63) is 42.5 Å². The number of nitrogens with zero attached hydrogens (tertiary/aromatic N) is 3. The highest BCUT2D eigenvalue weighted by molar-refractivity contribution is 5.62. The maximum absolute atomic E-state index is 13.8. The largest absolute Gasteiger partial charge is 0.458 e. The number of benzene rings is 1. The van der Waals surface area contributed by atoms with Crippen LogP contribution in [-0.4, -0.2) is 40.6 Å². The minimum absolute atomic E-state index is 0.182. The molecular formula is C17H18FN3O. The molecule has 1 aromatic carbocycles. The van der Waals surface area contributed by atoms with E-state index in [9.17, 15) is 4.39 Å². The molecule has 22 heavy (non-hydrogen) atoms. The second kappa shape index (κ2) is 5.65. The lowest BCUT2D eigenvalue weighted by atomic mass is 9.86. The Morgan fingerprint density at radius 1 is 1.09 bits per heavy atom. The van der Waals surface area contributed by atoms with Gasteiger partial charge < -0.3 is 4.74 Å². The van der Waals surface area contributed by atoms with Crippen molar-refractivity contribution in [1.29, 1.82) is 0 Å². The fraction of sp³-hybridized carbons (Fsp3) is 0.412. The molecule has 2 bridgehead atoms. The van der Waals surface area contributed by atoms with Crippen molar-refractivity contribution in [3.63, 3.8) is 0 Å². The van der Waals surface area contributed by atoms with Crippen LogP contribution in [0.4, 0.5) is 4.39 Å². The van der Waals surface area contributed by atoms with E-state index >= 15 is 0 Å². The number of halogens is 1. The lowest BCUT2D eigenvalue weighted by molar-refractivity contribution is -0.0123. The van der Waals surface area contributed by atoms with Crippen LogP contribution in [0.2, 0.25) is 0 Å². The van der Waals surface area contributed by atoms with Gasteiger partial charge in [-0.25, -0.2) is 14.4 Å². The van der Waals surface area contributed by atoms with E-state index in [-0.39, 0.29) is 11.9 Å². The zero-order valence-corrected chi connectivity index (χ0v) is 12.3. The summed E-state index contributed by atoms with van der Waals surface area (Å²) in [7, 11) is 0. The summed E-state index contributed by atoms with van der Waals surface area (Å²) in [4.78, 5) is 10.9. The number of piperidine rings is 3. The van der Waals surface area contributed by atoms with Crippen LogP contribution in [-0.2, 0) is 0 Å². The minimum Gasteiger partial charge on any atom is -0.458 e. The van der Waals surface area contributed by atoms with E-state index in [1.165, 1.54) is 32.0 Å². The molecule has 5 heteroatoms. The maximum atomic E-state index is 13.8. The highest BCUT2D eigenvalue weighted by Crippen LogP contribution is 2.30. The Kier molecular flexibility index (Phi) is 3.50. The molecule has 114 valence electrons. The molecule has 2 aromatic rings. The Morgan fingerprint density at radius 2 is 1.82 bits per heavy atom. The van der Waals surface area contributed by atoms with Crippen molar-refractivity contribution in [1.82, 2.24) is 14.9 Å². The summed E-state index contributed by atoms with van der Waals surface area (Å²) in [5, 5.41) is 0. The average molecular weight is 299 g/mol. The maximum Gasteiger partial charge on any atom is 0.316 e. The third-order valence-electron chi connectivity index (χ3n) is 4.67. The standard InChI is InChI=1S/C17H18FN3O/c18-15-4-2-1-3-14(15)13-9-19-17(20-10-13)22-16-11-21-7-5-12(16)6-8-21/h1-4,9-10,12,16H,5-8,11H2/t16-/m1/s1. The van der Waals surface area contributed by atoms with Crippen LogP contribution in [0.25, 0.3) is 11.1 Å². The van der Waals surface area contributed by atoms with Crippen molar-refractivity contribution in [2.24, 2.45) is 5.92 Å².